The van der Waals surface area contributed by atoms with Crippen molar-refractivity contribution in [3.63, 3.8) is 0 Å². The zero-order valence-corrected chi connectivity index (χ0v) is 11.4. The molecule has 0 spiro atoms. The maximum atomic E-state index is 12.1. The fraction of sp³-hybridized carbons (Fsp3) is 0.308. The summed E-state index contributed by atoms with van der Waals surface area (Å²) in [4.78, 5) is 11.8. The van der Waals surface area contributed by atoms with E-state index in [1.165, 1.54) is 6.08 Å². The average Bonchev–Trinajstić information content (AvgIpc) is 2.37. The highest BCUT2D eigenvalue weighted by atomic mass is 31.2. The molecule has 0 heterocycles. The van der Waals surface area contributed by atoms with Gasteiger partial charge < -0.3 is 9.05 Å². The van der Waals surface area contributed by atoms with E-state index < -0.39 is 13.1 Å². The largest absolute Gasteiger partial charge is 0.400 e. The molecule has 0 aliphatic rings. The lowest BCUT2D eigenvalue weighted by Gasteiger charge is -2.13. The number of rotatable bonds is 7. The molecule has 4 nitrogen and oxygen atoms in total. The molecule has 0 saturated heterocycles. The Morgan fingerprint density at radius 2 is 1.72 bits per heavy atom. The molecule has 1 aromatic carbocycles. The SMILES string of the molecule is CCOP(=O)(OCC)C(=O)/C=C/c1ccccc1. The summed E-state index contributed by atoms with van der Waals surface area (Å²) in [5.74, 6) is 0. The molecule has 0 N–H and O–H groups in total. The first kappa shape index (κ1) is 14.8. The number of benzene rings is 1. The van der Waals surface area contributed by atoms with Gasteiger partial charge in [-0.15, -0.1) is 0 Å². The molecule has 0 radical (unpaired) electrons. The van der Waals surface area contributed by atoms with Crippen molar-refractivity contribution >= 4 is 19.2 Å². The highest BCUT2D eigenvalue weighted by Crippen LogP contribution is 2.49. The van der Waals surface area contributed by atoms with Crippen LogP contribution in [0.4, 0.5) is 0 Å². The van der Waals surface area contributed by atoms with Crippen LogP contribution in [-0.2, 0) is 18.4 Å². The van der Waals surface area contributed by atoms with Gasteiger partial charge in [0.25, 0.3) is 5.52 Å². The lowest BCUT2D eigenvalue weighted by molar-refractivity contribution is -0.109. The quantitative estimate of drug-likeness (QED) is 0.561. The maximum absolute atomic E-state index is 12.1. The molecule has 1 aromatic rings. The van der Waals surface area contributed by atoms with Gasteiger partial charge in [0.15, 0.2) is 0 Å². The molecule has 0 unspecified atom stereocenters. The van der Waals surface area contributed by atoms with Crippen LogP contribution in [-0.4, -0.2) is 18.7 Å². The van der Waals surface area contributed by atoms with Crippen LogP contribution in [0.25, 0.3) is 6.08 Å². The van der Waals surface area contributed by atoms with E-state index >= 15 is 0 Å². The third-order valence-electron chi connectivity index (χ3n) is 2.09. The predicted molar refractivity (Wildman–Crippen MR) is 71.3 cm³/mol. The fourth-order valence-electron chi connectivity index (χ4n) is 1.33. The van der Waals surface area contributed by atoms with Crippen LogP contribution >= 0.6 is 7.60 Å². The van der Waals surface area contributed by atoms with Crippen LogP contribution in [0.15, 0.2) is 36.4 Å². The van der Waals surface area contributed by atoms with E-state index in [1.54, 1.807) is 19.9 Å². The number of hydrogen-bond acceptors (Lipinski definition) is 4. The van der Waals surface area contributed by atoms with Crippen molar-refractivity contribution in [1.82, 2.24) is 0 Å². The number of hydrogen-bond donors (Lipinski definition) is 0. The molecule has 0 saturated carbocycles. The highest BCUT2D eigenvalue weighted by Gasteiger charge is 2.31. The van der Waals surface area contributed by atoms with Crippen molar-refractivity contribution in [1.29, 1.82) is 0 Å². The first-order valence-electron chi connectivity index (χ1n) is 5.79. The van der Waals surface area contributed by atoms with Crippen molar-refractivity contribution in [3.05, 3.63) is 42.0 Å². The van der Waals surface area contributed by atoms with E-state index in [0.717, 1.165) is 5.56 Å². The van der Waals surface area contributed by atoms with Crippen LogP contribution in [0.2, 0.25) is 0 Å². The van der Waals surface area contributed by atoms with E-state index in [1.807, 2.05) is 30.3 Å². The van der Waals surface area contributed by atoms with E-state index in [9.17, 15) is 9.36 Å². The minimum Gasteiger partial charge on any atom is -0.303 e. The summed E-state index contributed by atoms with van der Waals surface area (Å²) in [5, 5.41) is 0. The highest BCUT2D eigenvalue weighted by molar-refractivity contribution is 7.72. The Labute approximate surface area is 107 Å². The Hall–Kier alpha value is -1.22. The number of carbonyl (C=O) groups is 1. The van der Waals surface area contributed by atoms with E-state index in [0.29, 0.717) is 0 Å². The van der Waals surface area contributed by atoms with Gasteiger partial charge in [-0.05, 0) is 25.5 Å². The fourth-order valence-corrected chi connectivity index (χ4v) is 2.59. The summed E-state index contributed by atoms with van der Waals surface area (Å²) >= 11 is 0. The molecule has 98 valence electrons. The van der Waals surface area contributed by atoms with Crippen LogP contribution < -0.4 is 0 Å². The molecule has 0 fully saturated rings. The zero-order chi connectivity index (χ0) is 13.4. The van der Waals surface area contributed by atoms with Gasteiger partial charge in [0, 0.05) is 0 Å². The monoisotopic (exact) mass is 268 g/mol. The second-order valence-electron chi connectivity index (χ2n) is 3.42. The van der Waals surface area contributed by atoms with Crippen LogP contribution in [0.5, 0.6) is 0 Å². The lowest BCUT2D eigenvalue weighted by atomic mass is 10.2. The summed E-state index contributed by atoms with van der Waals surface area (Å²) in [6.07, 6.45) is 2.83. The Bertz CT molecular complexity index is 443. The third kappa shape index (κ3) is 4.22. The molecule has 0 aromatic heterocycles. The molecule has 0 aliphatic carbocycles. The Balaban J connectivity index is 2.79. The van der Waals surface area contributed by atoms with Gasteiger partial charge >= 0.3 is 7.60 Å². The second kappa shape index (κ2) is 7.27. The minimum atomic E-state index is -3.67. The summed E-state index contributed by atoms with van der Waals surface area (Å²) in [6, 6.07) is 9.28. The van der Waals surface area contributed by atoms with Gasteiger partial charge in [0.1, 0.15) is 0 Å². The normalized spacial score (nSPS) is 11.9. The standard InChI is InChI=1S/C13H17O4P/c1-3-16-18(15,17-4-2)13(14)11-10-12-8-6-5-7-9-12/h5-11H,3-4H2,1-2H3/b11-10+. The van der Waals surface area contributed by atoms with Gasteiger partial charge in [-0.3, -0.25) is 9.36 Å². The van der Waals surface area contributed by atoms with Gasteiger partial charge in [0.05, 0.1) is 13.2 Å². The van der Waals surface area contributed by atoms with E-state index in [2.05, 4.69) is 0 Å². The molecule has 0 bridgehead atoms. The second-order valence-corrected chi connectivity index (χ2v) is 5.37. The zero-order valence-electron chi connectivity index (χ0n) is 10.5. The van der Waals surface area contributed by atoms with Gasteiger partial charge in [0.2, 0.25) is 0 Å². The van der Waals surface area contributed by atoms with Crippen molar-refractivity contribution in [2.24, 2.45) is 0 Å². The van der Waals surface area contributed by atoms with Crippen molar-refractivity contribution < 1.29 is 18.4 Å². The molecule has 18 heavy (non-hydrogen) atoms. The maximum Gasteiger partial charge on any atom is 0.400 e. The molecular formula is C13H17O4P. The van der Waals surface area contributed by atoms with Crippen molar-refractivity contribution in [3.8, 4) is 0 Å². The van der Waals surface area contributed by atoms with E-state index in [4.69, 9.17) is 9.05 Å². The summed E-state index contributed by atoms with van der Waals surface area (Å²) < 4.78 is 22.0. The van der Waals surface area contributed by atoms with Crippen molar-refractivity contribution in [2.75, 3.05) is 13.2 Å². The lowest BCUT2D eigenvalue weighted by Crippen LogP contribution is -2.04. The summed E-state index contributed by atoms with van der Waals surface area (Å²) in [5.41, 5.74) is 0.223. The first-order valence-corrected chi connectivity index (χ1v) is 7.33. The molecule has 0 amide bonds. The summed E-state index contributed by atoms with van der Waals surface area (Å²) in [7, 11) is -3.67. The molecule has 0 atom stereocenters. The molecular weight excluding hydrogens is 251 g/mol. The molecule has 5 heteroatoms. The molecule has 1 rings (SSSR count). The minimum absolute atomic E-state index is 0.169. The number of allylic oxidation sites excluding steroid dienone is 1. The Morgan fingerprint density at radius 1 is 1.17 bits per heavy atom. The Morgan fingerprint density at radius 3 is 2.22 bits per heavy atom. The smallest absolute Gasteiger partial charge is 0.303 e. The summed E-state index contributed by atoms with van der Waals surface area (Å²) in [6.45, 7) is 3.67. The predicted octanol–water partition coefficient (Wildman–Crippen LogP) is 3.49. The van der Waals surface area contributed by atoms with E-state index in [-0.39, 0.29) is 13.2 Å². The Kier molecular flexibility index (Phi) is 5.99. The van der Waals surface area contributed by atoms with Crippen LogP contribution in [0, 0.1) is 0 Å². The van der Waals surface area contributed by atoms with Gasteiger partial charge in [-0.2, -0.15) is 0 Å². The van der Waals surface area contributed by atoms with Gasteiger partial charge in [-0.25, -0.2) is 0 Å². The molecule has 0 aliphatic heterocycles. The first-order chi connectivity index (χ1) is 8.62. The topological polar surface area (TPSA) is 52.6 Å². The average molecular weight is 268 g/mol. The number of carbonyl (C=O) groups excluding carboxylic acids is 1. The van der Waals surface area contributed by atoms with Gasteiger partial charge in [-0.1, -0.05) is 36.4 Å². The van der Waals surface area contributed by atoms with Crippen molar-refractivity contribution in [2.45, 2.75) is 13.8 Å². The third-order valence-corrected chi connectivity index (χ3v) is 3.97. The van der Waals surface area contributed by atoms with Crippen LogP contribution in [0.1, 0.15) is 19.4 Å². The van der Waals surface area contributed by atoms with Crippen LogP contribution in [0.3, 0.4) is 0 Å².